The summed E-state index contributed by atoms with van der Waals surface area (Å²) >= 11 is 0. The van der Waals surface area contributed by atoms with Crippen molar-refractivity contribution in [2.75, 3.05) is 0 Å². The number of hydrogen-bond acceptors (Lipinski definition) is 1. The Hall–Kier alpha value is -3.06. The highest BCUT2D eigenvalue weighted by Crippen LogP contribution is 2.55. The summed E-state index contributed by atoms with van der Waals surface area (Å²) in [5.74, 6) is 0. The average molecular weight is 334 g/mol. The second-order valence-electron chi connectivity index (χ2n) is 7.77. The number of fused-ring (bicyclic) bond motifs is 10. The zero-order valence-corrected chi connectivity index (χ0v) is 14.8. The van der Waals surface area contributed by atoms with Crippen molar-refractivity contribution >= 4 is 32.7 Å². The lowest BCUT2D eigenvalue weighted by atomic mass is 9.79. The average Bonchev–Trinajstić information content (AvgIpc) is 3.16. The predicted molar refractivity (Wildman–Crippen MR) is 109 cm³/mol. The van der Waals surface area contributed by atoms with E-state index in [0.29, 0.717) is 0 Å². The molecule has 6 rings (SSSR count). The Balaban J connectivity index is 1.99. The van der Waals surface area contributed by atoms with Crippen molar-refractivity contribution < 1.29 is 4.42 Å². The zero-order chi connectivity index (χ0) is 17.5. The zero-order valence-electron chi connectivity index (χ0n) is 14.8. The van der Waals surface area contributed by atoms with Gasteiger partial charge in [0.1, 0.15) is 11.2 Å². The van der Waals surface area contributed by atoms with E-state index in [1.807, 2.05) is 6.07 Å². The molecule has 0 radical (unpaired) electrons. The Bertz CT molecular complexity index is 1350. The molecule has 0 saturated heterocycles. The van der Waals surface area contributed by atoms with Gasteiger partial charge in [-0.15, -0.1) is 0 Å². The highest BCUT2D eigenvalue weighted by molar-refractivity contribution is 6.25. The van der Waals surface area contributed by atoms with Crippen LogP contribution in [0, 0.1) is 0 Å². The van der Waals surface area contributed by atoms with Crippen LogP contribution in [0.15, 0.2) is 77.2 Å². The number of benzene rings is 4. The number of hydrogen-bond donors (Lipinski definition) is 0. The molecule has 1 nitrogen and oxygen atoms in total. The monoisotopic (exact) mass is 334 g/mol. The molecule has 0 unspecified atom stereocenters. The Morgan fingerprint density at radius 2 is 1.35 bits per heavy atom. The van der Waals surface area contributed by atoms with Gasteiger partial charge in [-0.05, 0) is 33.5 Å². The van der Waals surface area contributed by atoms with Crippen LogP contribution in [-0.2, 0) is 5.41 Å². The van der Waals surface area contributed by atoms with Crippen molar-refractivity contribution in [3.63, 3.8) is 0 Å². The normalized spacial score (nSPS) is 14.8. The summed E-state index contributed by atoms with van der Waals surface area (Å²) in [6, 6.07) is 25.9. The van der Waals surface area contributed by atoms with Crippen LogP contribution in [0.5, 0.6) is 0 Å². The maximum absolute atomic E-state index is 6.45. The molecule has 0 aliphatic heterocycles. The highest BCUT2D eigenvalue weighted by atomic mass is 16.3. The van der Waals surface area contributed by atoms with E-state index in [9.17, 15) is 0 Å². The van der Waals surface area contributed by atoms with Gasteiger partial charge in [-0.2, -0.15) is 0 Å². The maximum Gasteiger partial charge on any atom is 0.144 e. The molecule has 4 aromatic carbocycles. The lowest BCUT2D eigenvalue weighted by molar-refractivity contribution is 0.657. The lowest BCUT2D eigenvalue weighted by Crippen LogP contribution is -2.15. The molecule has 5 aromatic rings. The summed E-state index contributed by atoms with van der Waals surface area (Å²) in [4.78, 5) is 0. The van der Waals surface area contributed by atoms with Gasteiger partial charge in [0.05, 0.1) is 0 Å². The van der Waals surface area contributed by atoms with E-state index in [0.717, 1.165) is 11.2 Å². The molecule has 0 fully saturated rings. The van der Waals surface area contributed by atoms with E-state index in [2.05, 4.69) is 80.6 Å². The smallest absolute Gasteiger partial charge is 0.144 e. The molecule has 0 N–H and O–H groups in total. The van der Waals surface area contributed by atoms with E-state index in [-0.39, 0.29) is 5.41 Å². The van der Waals surface area contributed by atoms with Gasteiger partial charge in [-0.1, -0.05) is 80.6 Å². The van der Waals surface area contributed by atoms with Crippen LogP contribution in [0.3, 0.4) is 0 Å². The quantitative estimate of drug-likeness (QED) is 0.296. The molecular formula is C25H18O. The molecule has 0 amide bonds. The van der Waals surface area contributed by atoms with Gasteiger partial charge < -0.3 is 4.42 Å². The first kappa shape index (κ1) is 14.1. The molecule has 1 heterocycles. The van der Waals surface area contributed by atoms with Crippen molar-refractivity contribution in [1.82, 2.24) is 0 Å². The van der Waals surface area contributed by atoms with Gasteiger partial charge in [-0.3, -0.25) is 0 Å². The van der Waals surface area contributed by atoms with Crippen LogP contribution in [0.2, 0.25) is 0 Å². The van der Waals surface area contributed by atoms with Crippen LogP contribution in [0.25, 0.3) is 43.8 Å². The summed E-state index contributed by atoms with van der Waals surface area (Å²) in [5.41, 5.74) is 7.30. The largest absolute Gasteiger partial charge is 0.455 e. The van der Waals surface area contributed by atoms with Gasteiger partial charge in [0, 0.05) is 21.8 Å². The molecule has 0 saturated carbocycles. The second kappa shape index (κ2) is 4.56. The Labute approximate surface area is 151 Å². The van der Waals surface area contributed by atoms with Crippen LogP contribution in [0.4, 0.5) is 0 Å². The van der Waals surface area contributed by atoms with E-state index < -0.39 is 0 Å². The fourth-order valence-electron chi connectivity index (χ4n) is 4.94. The molecule has 26 heavy (non-hydrogen) atoms. The summed E-state index contributed by atoms with van der Waals surface area (Å²) in [6.45, 7) is 4.66. The van der Waals surface area contributed by atoms with Gasteiger partial charge in [0.15, 0.2) is 0 Å². The second-order valence-corrected chi connectivity index (χ2v) is 7.77. The van der Waals surface area contributed by atoms with Gasteiger partial charge >= 0.3 is 0 Å². The summed E-state index contributed by atoms with van der Waals surface area (Å²) < 4.78 is 6.45. The topological polar surface area (TPSA) is 13.1 Å². The third kappa shape index (κ3) is 1.52. The van der Waals surface area contributed by atoms with E-state index in [1.54, 1.807) is 0 Å². The minimum atomic E-state index is -0.0430. The third-order valence-corrected chi connectivity index (χ3v) is 6.03. The highest BCUT2D eigenvalue weighted by Gasteiger charge is 2.39. The standard InChI is InChI=1S/C25H18O/c1-25(2)19-13-7-5-11-17(19)22-23(25)16-10-4-3-9-15(16)21-18-12-6-8-14-20(18)26-24(21)22/h3-14H,1-2H3. The number of para-hydroxylation sites is 1. The molecule has 1 aliphatic rings. The molecule has 1 aliphatic carbocycles. The van der Waals surface area contributed by atoms with Crippen molar-refractivity contribution in [2.45, 2.75) is 19.3 Å². The fourth-order valence-corrected chi connectivity index (χ4v) is 4.94. The van der Waals surface area contributed by atoms with Gasteiger partial charge in [-0.25, -0.2) is 0 Å². The Morgan fingerprint density at radius 1 is 0.692 bits per heavy atom. The van der Waals surface area contributed by atoms with Crippen molar-refractivity contribution in [1.29, 1.82) is 0 Å². The number of furan rings is 1. The maximum atomic E-state index is 6.45. The van der Waals surface area contributed by atoms with E-state index >= 15 is 0 Å². The first-order valence-corrected chi connectivity index (χ1v) is 9.14. The van der Waals surface area contributed by atoms with Crippen molar-refractivity contribution in [2.24, 2.45) is 0 Å². The van der Waals surface area contributed by atoms with Crippen LogP contribution >= 0.6 is 0 Å². The summed E-state index contributed by atoms with van der Waals surface area (Å²) in [5, 5.41) is 5.06. The Kier molecular flexibility index (Phi) is 2.48. The van der Waals surface area contributed by atoms with E-state index in [1.165, 1.54) is 43.8 Å². The number of rotatable bonds is 0. The van der Waals surface area contributed by atoms with E-state index in [4.69, 9.17) is 4.42 Å². The molecule has 0 atom stereocenters. The van der Waals surface area contributed by atoms with Gasteiger partial charge in [0.25, 0.3) is 0 Å². The first-order chi connectivity index (χ1) is 12.7. The molecule has 0 spiro atoms. The fraction of sp³-hybridized carbons (Fsp3) is 0.120. The third-order valence-electron chi connectivity index (χ3n) is 6.03. The first-order valence-electron chi connectivity index (χ1n) is 9.14. The molecule has 0 bridgehead atoms. The minimum Gasteiger partial charge on any atom is -0.455 e. The summed E-state index contributed by atoms with van der Waals surface area (Å²) in [7, 11) is 0. The van der Waals surface area contributed by atoms with Crippen LogP contribution in [0.1, 0.15) is 25.0 Å². The van der Waals surface area contributed by atoms with Gasteiger partial charge in [0.2, 0.25) is 0 Å². The minimum absolute atomic E-state index is 0.0430. The SMILES string of the molecule is CC1(C)c2ccccc2-c2c1c1ccccc1c1c2oc2ccccc21. The lowest BCUT2D eigenvalue weighted by Gasteiger charge is -2.23. The van der Waals surface area contributed by atoms with Crippen LogP contribution in [-0.4, -0.2) is 0 Å². The predicted octanol–water partition coefficient (Wildman–Crippen LogP) is 7.05. The Morgan fingerprint density at radius 3 is 2.19 bits per heavy atom. The molecule has 1 heteroatoms. The van der Waals surface area contributed by atoms with Crippen LogP contribution < -0.4 is 0 Å². The van der Waals surface area contributed by atoms with Crippen molar-refractivity contribution in [3.05, 3.63) is 83.9 Å². The summed E-state index contributed by atoms with van der Waals surface area (Å²) in [6.07, 6.45) is 0. The van der Waals surface area contributed by atoms with Crippen molar-refractivity contribution in [3.8, 4) is 11.1 Å². The molecular weight excluding hydrogens is 316 g/mol. The molecule has 1 aromatic heterocycles. The molecule has 124 valence electrons.